The van der Waals surface area contributed by atoms with Gasteiger partial charge in [0.2, 0.25) is 0 Å². The third kappa shape index (κ3) is 1.35. The van der Waals surface area contributed by atoms with Crippen molar-refractivity contribution >= 4 is 11.3 Å². The molecule has 0 unspecified atom stereocenters. The molecule has 0 aromatic carbocycles. The second kappa shape index (κ2) is 3.43. The molecule has 2 aromatic rings. The van der Waals surface area contributed by atoms with Crippen molar-refractivity contribution in [1.29, 1.82) is 0 Å². The maximum atomic E-state index is 4.53. The fourth-order valence-corrected chi connectivity index (χ4v) is 3.12. The Bertz CT molecular complexity index is 537. The molecule has 0 saturated carbocycles. The van der Waals surface area contributed by atoms with Gasteiger partial charge in [0.1, 0.15) is 5.52 Å². The number of hydrogen-bond acceptors (Lipinski definition) is 4. The molecule has 4 heterocycles. The second-order valence-electron chi connectivity index (χ2n) is 5.00. The van der Waals surface area contributed by atoms with Crippen LogP contribution in [0.5, 0.6) is 0 Å². The lowest BCUT2D eigenvalue weighted by molar-refractivity contribution is 0.533. The minimum absolute atomic E-state index is 0.792. The van der Waals surface area contributed by atoms with Gasteiger partial charge >= 0.3 is 0 Å². The number of fused-ring (bicyclic) bond motifs is 2. The molecule has 0 aliphatic carbocycles. The summed E-state index contributed by atoms with van der Waals surface area (Å²) in [5, 5.41) is 7.72. The molecule has 17 heavy (non-hydrogen) atoms. The fraction of sp³-hybridized carbons (Fsp3) is 0.500. The maximum absolute atomic E-state index is 4.53. The molecular weight excluding hydrogens is 214 g/mol. The smallest absolute Gasteiger partial charge is 0.154 e. The van der Waals surface area contributed by atoms with Crippen molar-refractivity contribution in [2.75, 3.05) is 31.1 Å². The summed E-state index contributed by atoms with van der Waals surface area (Å²) in [7, 11) is 0. The Morgan fingerprint density at radius 2 is 2.00 bits per heavy atom. The summed E-state index contributed by atoms with van der Waals surface area (Å²) in [6, 6.07) is 2.04. The lowest BCUT2D eigenvalue weighted by atomic mass is 10.0. The zero-order chi connectivity index (χ0) is 11.2. The fourth-order valence-electron chi connectivity index (χ4n) is 3.12. The second-order valence-corrected chi connectivity index (χ2v) is 5.00. The van der Waals surface area contributed by atoms with Crippen molar-refractivity contribution in [2.45, 2.75) is 0 Å². The average molecular weight is 229 g/mol. The molecule has 0 spiro atoms. The van der Waals surface area contributed by atoms with Gasteiger partial charge in [0.15, 0.2) is 5.82 Å². The monoisotopic (exact) mass is 229 g/mol. The highest BCUT2D eigenvalue weighted by Gasteiger charge is 2.37. The minimum Gasteiger partial charge on any atom is -0.354 e. The van der Waals surface area contributed by atoms with E-state index in [0.29, 0.717) is 0 Å². The molecular formula is C12H15N5. The van der Waals surface area contributed by atoms with Crippen molar-refractivity contribution in [1.82, 2.24) is 19.9 Å². The predicted molar refractivity (Wildman–Crippen MR) is 65.0 cm³/mol. The number of rotatable bonds is 1. The third-order valence-corrected chi connectivity index (χ3v) is 3.99. The molecule has 4 rings (SSSR count). The van der Waals surface area contributed by atoms with Crippen molar-refractivity contribution in [3.63, 3.8) is 0 Å². The highest BCUT2D eigenvalue weighted by molar-refractivity contribution is 5.68. The Labute approximate surface area is 99.4 Å². The van der Waals surface area contributed by atoms with Gasteiger partial charge in [-0.15, -0.1) is 0 Å². The summed E-state index contributed by atoms with van der Waals surface area (Å²) in [4.78, 5) is 6.94. The molecule has 2 saturated heterocycles. The number of hydrogen-bond donors (Lipinski definition) is 1. The molecule has 2 atom stereocenters. The summed E-state index contributed by atoms with van der Waals surface area (Å²) < 4.78 is 1.90. The SMILES string of the molecule is c1cn2nccc2c(N2C[C@H]3CNC[C@H]3C2)n1. The summed E-state index contributed by atoms with van der Waals surface area (Å²) in [5.74, 6) is 2.67. The van der Waals surface area contributed by atoms with E-state index in [9.17, 15) is 0 Å². The van der Waals surface area contributed by atoms with Crippen molar-refractivity contribution < 1.29 is 0 Å². The van der Waals surface area contributed by atoms with Crippen LogP contribution >= 0.6 is 0 Å². The first-order chi connectivity index (χ1) is 8.42. The van der Waals surface area contributed by atoms with Crippen molar-refractivity contribution in [2.24, 2.45) is 11.8 Å². The van der Waals surface area contributed by atoms with Gasteiger partial charge in [0.05, 0.1) is 6.20 Å². The Balaban J connectivity index is 1.73. The molecule has 0 bridgehead atoms. The van der Waals surface area contributed by atoms with E-state index >= 15 is 0 Å². The number of nitrogens with zero attached hydrogens (tertiary/aromatic N) is 4. The first-order valence-corrected chi connectivity index (χ1v) is 6.16. The largest absolute Gasteiger partial charge is 0.354 e. The van der Waals surface area contributed by atoms with E-state index in [0.717, 1.165) is 49.3 Å². The number of aromatic nitrogens is 3. The zero-order valence-corrected chi connectivity index (χ0v) is 9.58. The molecule has 2 aliphatic rings. The molecule has 0 amide bonds. The molecule has 1 N–H and O–H groups in total. The Hall–Kier alpha value is -1.62. The predicted octanol–water partition coefficient (Wildman–Crippen LogP) is 0.385. The lowest BCUT2D eigenvalue weighted by Crippen LogP contribution is -2.26. The summed E-state index contributed by atoms with van der Waals surface area (Å²) >= 11 is 0. The standard InChI is InChI=1S/C12H15N5/c1-2-15-17-4-3-14-12(11(1)17)16-7-9-5-13-6-10(9)8-16/h1-4,9-10,13H,5-8H2/t9-,10+. The van der Waals surface area contributed by atoms with Gasteiger partial charge < -0.3 is 10.2 Å². The van der Waals surface area contributed by atoms with Crippen LogP contribution in [0.2, 0.25) is 0 Å². The van der Waals surface area contributed by atoms with E-state index in [1.165, 1.54) is 0 Å². The first kappa shape index (κ1) is 9.41. The average Bonchev–Trinajstić information content (AvgIpc) is 3.02. The van der Waals surface area contributed by atoms with Gasteiger partial charge in [-0.25, -0.2) is 9.50 Å². The quantitative estimate of drug-likeness (QED) is 0.768. The molecule has 5 nitrogen and oxygen atoms in total. The summed E-state index contributed by atoms with van der Waals surface area (Å²) in [6.07, 6.45) is 5.57. The normalized spacial score (nSPS) is 27.9. The van der Waals surface area contributed by atoms with Gasteiger partial charge in [-0.1, -0.05) is 0 Å². The Kier molecular flexibility index (Phi) is 1.90. The van der Waals surface area contributed by atoms with Crippen LogP contribution in [0.4, 0.5) is 5.82 Å². The van der Waals surface area contributed by atoms with Crippen LogP contribution in [-0.2, 0) is 0 Å². The van der Waals surface area contributed by atoms with Gasteiger partial charge in [0.25, 0.3) is 0 Å². The molecule has 2 fully saturated rings. The molecule has 0 radical (unpaired) electrons. The Morgan fingerprint density at radius 1 is 1.18 bits per heavy atom. The van der Waals surface area contributed by atoms with Gasteiger partial charge in [-0.2, -0.15) is 5.10 Å². The van der Waals surface area contributed by atoms with E-state index in [1.807, 2.05) is 29.2 Å². The highest BCUT2D eigenvalue weighted by atomic mass is 15.3. The van der Waals surface area contributed by atoms with Crippen molar-refractivity contribution in [3.8, 4) is 0 Å². The van der Waals surface area contributed by atoms with Crippen LogP contribution < -0.4 is 10.2 Å². The number of nitrogens with one attached hydrogen (secondary N) is 1. The van der Waals surface area contributed by atoms with E-state index in [4.69, 9.17) is 0 Å². The molecule has 5 heteroatoms. The maximum Gasteiger partial charge on any atom is 0.154 e. The molecule has 2 aliphatic heterocycles. The van der Waals surface area contributed by atoms with Crippen LogP contribution in [0.3, 0.4) is 0 Å². The van der Waals surface area contributed by atoms with Crippen LogP contribution in [0.15, 0.2) is 24.7 Å². The first-order valence-electron chi connectivity index (χ1n) is 6.16. The highest BCUT2D eigenvalue weighted by Crippen LogP contribution is 2.31. The van der Waals surface area contributed by atoms with Crippen LogP contribution in [0.1, 0.15) is 0 Å². The van der Waals surface area contributed by atoms with E-state index < -0.39 is 0 Å². The van der Waals surface area contributed by atoms with Gasteiger partial charge in [-0.3, -0.25) is 0 Å². The summed E-state index contributed by atoms with van der Waals surface area (Å²) in [6.45, 7) is 4.55. The Morgan fingerprint density at radius 3 is 2.82 bits per heavy atom. The van der Waals surface area contributed by atoms with Gasteiger partial charge in [0, 0.05) is 38.6 Å². The zero-order valence-electron chi connectivity index (χ0n) is 9.58. The topological polar surface area (TPSA) is 45.5 Å². The van der Waals surface area contributed by atoms with Crippen molar-refractivity contribution in [3.05, 3.63) is 24.7 Å². The minimum atomic E-state index is 0.792. The van der Waals surface area contributed by atoms with Crippen LogP contribution in [-0.4, -0.2) is 40.8 Å². The number of anilines is 1. The van der Waals surface area contributed by atoms with E-state index in [-0.39, 0.29) is 0 Å². The van der Waals surface area contributed by atoms with Gasteiger partial charge in [-0.05, 0) is 17.9 Å². The van der Waals surface area contributed by atoms with Crippen LogP contribution in [0, 0.1) is 11.8 Å². The lowest BCUT2D eigenvalue weighted by Gasteiger charge is -2.19. The van der Waals surface area contributed by atoms with Crippen LogP contribution in [0.25, 0.3) is 5.52 Å². The molecule has 88 valence electrons. The summed E-state index contributed by atoms with van der Waals surface area (Å²) in [5.41, 5.74) is 1.11. The molecule has 2 aromatic heterocycles. The van der Waals surface area contributed by atoms with E-state index in [1.54, 1.807) is 0 Å². The third-order valence-electron chi connectivity index (χ3n) is 3.99. The van der Waals surface area contributed by atoms with E-state index in [2.05, 4.69) is 20.3 Å².